The molecule has 0 radical (unpaired) electrons. The number of amides is 1. The van der Waals surface area contributed by atoms with Gasteiger partial charge in [0.1, 0.15) is 0 Å². The predicted octanol–water partition coefficient (Wildman–Crippen LogP) is 0.401. The third kappa shape index (κ3) is 0.964. The van der Waals surface area contributed by atoms with E-state index in [9.17, 15) is 13.2 Å². The van der Waals surface area contributed by atoms with Gasteiger partial charge < -0.3 is 0 Å². The lowest BCUT2D eigenvalue weighted by atomic mass is 10.5. The van der Waals surface area contributed by atoms with Crippen LogP contribution in [0.25, 0.3) is 0 Å². The Morgan fingerprint density at radius 2 is 2.08 bits per heavy atom. The van der Waals surface area contributed by atoms with E-state index in [1.807, 2.05) is 0 Å². The number of halogens is 1. The van der Waals surface area contributed by atoms with Crippen LogP contribution in [0.5, 0.6) is 0 Å². The summed E-state index contributed by atoms with van der Waals surface area (Å²) in [5.74, 6) is -0.512. The van der Waals surface area contributed by atoms with Gasteiger partial charge >= 0.3 is 0 Å². The van der Waals surface area contributed by atoms with E-state index >= 15 is 0 Å². The fourth-order valence-electron chi connectivity index (χ4n) is 1.13. The molecule has 0 N–H and O–H groups in total. The van der Waals surface area contributed by atoms with Crippen LogP contribution in [0.2, 0.25) is 0 Å². The Kier molecular flexibility index (Phi) is 1.50. The lowest BCUT2D eigenvalue weighted by molar-refractivity contribution is -0.121. The van der Waals surface area contributed by atoms with E-state index in [4.69, 9.17) is 11.6 Å². The molecule has 6 heteroatoms. The predicted molar refractivity (Wildman–Crippen MR) is 42.7 cm³/mol. The zero-order chi connectivity index (χ0) is 8.93. The van der Waals surface area contributed by atoms with E-state index in [0.29, 0.717) is 0 Å². The standard InChI is InChI=1S/C6H6ClNO3S/c7-5-3-6(9)8(4-1-2-4)12(5,10)11/h3-4H,1-2H2. The Morgan fingerprint density at radius 3 is 2.42 bits per heavy atom. The molecule has 0 bridgehead atoms. The molecule has 1 fully saturated rings. The van der Waals surface area contributed by atoms with Crippen molar-refractivity contribution in [1.29, 1.82) is 0 Å². The highest BCUT2D eigenvalue weighted by Gasteiger charge is 2.45. The van der Waals surface area contributed by atoms with Gasteiger partial charge in [-0.15, -0.1) is 0 Å². The molecule has 0 aromatic heterocycles. The molecule has 66 valence electrons. The highest BCUT2D eigenvalue weighted by Crippen LogP contribution is 2.36. The summed E-state index contributed by atoms with van der Waals surface area (Å²) in [6.45, 7) is 0. The van der Waals surface area contributed by atoms with E-state index in [1.165, 1.54) is 0 Å². The van der Waals surface area contributed by atoms with Crippen molar-refractivity contribution in [2.75, 3.05) is 0 Å². The fraction of sp³-hybridized carbons (Fsp3) is 0.500. The van der Waals surface area contributed by atoms with Gasteiger partial charge in [-0.3, -0.25) is 4.79 Å². The molecule has 0 spiro atoms. The number of hydrogen-bond acceptors (Lipinski definition) is 3. The minimum Gasteiger partial charge on any atom is -0.269 e. The quantitative estimate of drug-likeness (QED) is 0.626. The minimum absolute atomic E-state index is 0.144. The molecule has 2 aliphatic rings. The number of carbonyl (C=O) groups excluding carboxylic acids is 1. The summed E-state index contributed by atoms with van der Waals surface area (Å²) in [6.07, 6.45) is 2.46. The number of rotatable bonds is 1. The maximum Gasteiger partial charge on any atom is 0.278 e. The third-order valence-corrected chi connectivity index (χ3v) is 4.14. The van der Waals surface area contributed by atoms with Crippen LogP contribution in [0.3, 0.4) is 0 Å². The smallest absolute Gasteiger partial charge is 0.269 e. The molecular formula is C6H6ClNO3S. The first-order chi connectivity index (χ1) is 5.53. The van der Waals surface area contributed by atoms with Gasteiger partial charge in [0.25, 0.3) is 15.9 Å². The van der Waals surface area contributed by atoms with Crippen LogP contribution >= 0.6 is 11.6 Å². The van der Waals surface area contributed by atoms with Crippen molar-refractivity contribution in [2.24, 2.45) is 0 Å². The van der Waals surface area contributed by atoms with E-state index in [1.54, 1.807) is 0 Å². The average molecular weight is 208 g/mol. The van der Waals surface area contributed by atoms with E-state index < -0.39 is 15.9 Å². The van der Waals surface area contributed by atoms with Crippen molar-refractivity contribution in [1.82, 2.24) is 4.31 Å². The third-order valence-electron chi connectivity index (χ3n) is 1.84. The molecular weight excluding hydrogens is 202 g/mol. The van der Waals surface area contributed by atoms with Crippen molar-refractivity contribution in [3.63, 3.8) is 0 Å². The number of nitrogens with zero attached hydrogens (tertiary/aromatic N) is 1. The summed E-state index contributed by atoms with van der Waals surface area (Å²) in [4.78, 5) is 11.1. The Balaban J connectivity index is 2.43. The summed E-state index contributed by atoms with van der Waals surface area (Å²) >= 11 is 5.38. The summed E-state index contributed by atoms with van der Waals surface area (Å²) in [5.41, 5.74) is 0. The van der Waals surface area contributed by atoms with Gasteiger partial charge in [-0.2, -0.15) is 8.42 Å². The minimum atomic E-state index is -3.64. The van der Waals surface area contributed by atoms with Crippen LogP contribution in [-0.4, -0.2) is 24.7 Å². The van der Waals surface area contributed by atoms with Gasteiger partial charge in [0.05, 0.1) is 0 Å². The molecule has 2 rings (SSSR count). The second-order valence-electron chi connectivity index (χ2n) is 2.82. The summed E-state index contributed by atoms with van der Waals surface area (Å²) in [6, 6.07) is -0.144. The zero-order valence-corrected chi connectivity index (χ0v) is 7.60. The van der Waals surface area contributed by atoms with Crippen LogP contribution in [0.15, 0.2) is 10.4 Å². The largest absolute Gasteiger partial charge is 0.278 e. The van der Waals surface area contributed by atoms with E-state index in [-0.39, 0.29) is 10.4 Å². The average Bonchev–Trinajstić information content (AvgIpc) is 2.67. The SMILES string of the molecule is O=C1C=C(Cl)S(=O)(=O)N1C1CC1. The normalized spacial score (nSPS) is 27.6. The molecule has 0 aromatic carbocycles. The van der Waals surface area contributed by atoms with Crippen molar-refractivity contribution in [2.45, 2.75) is 18.9 Å². The number of hydrogen-bond donors (Lipinski definition) is 0. The Hall–Kier alpha value is -0.550. The molecule has 1 heterocycles. The number of sulfonamides is 1. The van der Waals surface area contributed by atoms with Crippen molar-refractivity contribution in [3.8, 4) is 0 Å². The monoisotopic (exact) mass is 207 g/mol. The Labute approximate surface area is 74.8 Å². The first-order valence-corrected chi connectivity index (χ1v) is 5.31. The van der Waals surface area contributed by atoms with Crippen LogP contribution in [0.4, 0.5) is 0 Å². The van der Waals surface area contributed by atoms with E-state index in [2.05, 4.69) is 0 Å². The lowest BCUT2D eigenvalue weighted by Gasteiger charge is -2.13. The maximum atomic E-state index is 11.3. The van der Waals surface area contributed by atoms with Crippen molar-refractivity contribution in [3.05, 3.63) is 10.4 Å². The van der Waals surface area contributed by atoms with Gasteiger partial charge in [-0.05, 0) is 12.8 Å². The lowest BCUT2D eigenvalue weighted by Crippen LogP contribution is -2.32. The second kappa shape index (κ2) is 2.23. The summed E-state index contributed by atoms with van der Waals surface area (Å²) in [5, 5.41) is 0. The molecule has 4 nitrogen and oxygen atoms in total. The molecule has 0 atom stereocenters. The molecule has 1 aliphatic heterocycles. The van der Waals surface area contributed by atoms with Crippen LogP contribution in [-0.2, 0) is 14.8 Å². The van der Waals surface area contributed by atoms with E-state index in [0.717, 1.165) is 23.2 Å². The molecule has 0 aromatic rings. The summed E-state index contributed by atoms with van der Waals surface area (Å²) < 4.78 is 23.1. The summed E-state index contributed by atoms with van der Waals surface area (Å²) in [7, 11) is -3.64. The van der Waals surface area contributed by atoms with Gasteiger partial charge in [0, 0.05) is 12.1 Å². The fourth-order valence-corrected chi connectivity index (χ4v) is 2.78. The zero-order valence-electron chi connectivity index (χ0n) is 6.03. The van der Waals surface area contributed by atoms with Crippen molar-refractivity contribution >= 4 is 27.5 Å². The Bertz CT molecular complexity index is 368. The van der Waals surface area contributed by atoms with Gasteiger partial charge in [-0.1, -0.05) is 11.6 Å². The van der Waals surface area contributed by atoms with Crippen LogP contribution < -0.4 is 0 Å². The molecule has 1 aliphatic carbocycles. The van der Waals surface area contributed by atoms with Crippen molar-refractivity contribution < 1.29 is 13.2 Å². The molecule has 0 saturated heterocycles. The molecule has 0 unspecified atom stereocenters. The Morgan fingerprint density at radius 1 is 1.50 bits per heavy atom. The second-order valence-corrected chi connectivity index (χ2v) is 5.23. The van der Waals surface area contributed by atoms with Crippen LogP contribution in [0, 0.1) is 0 Å². The van der Waals surface area contributed by atoms with Gasteiger partial charge in [0.15, 0.2) is 4.36 Å². The molecule has 1 saturated carbocycles. The van der Waals surface area contributed by atoms with Gasteiger partial charge in [-0.25, -0.2) is 4.31 Å². The highest BCUT2D eigenvalue weighted by molar-refractivity contribution is 7.95. The van der Waals surface area contributed by atoms with Crippen LogP contribution in [0.1, 0.15) is 12.8 Å². The van der Waals surface area contributed by atoms with Gasteiger partial charge in [0.2, 0.25) is 0 Å². The number of carbonyl (C=O) groups is 1. The first kappa shape index (κ1) is 8.07. The topological polar surface area (TPSA) is 54.5 Å². The maximum absolute atomic E-state index is 11.3. The highest BCUT2D eigenvalue weighted by atomic mass is 35.5. The molecule has 12 heavy (non-hydrogen) atoms. The molecule has 1 amide bonds. The first-order valence-electron chi connectivity index (χ1n) is 3.49.